The van der Waals surface area contributed by atoms with Crippen LogP contribution < -0.4 is 0 Å². The number of hydrogen-bond acceptors (Lipinski definition) is 8. The number of esters is 1. The predicted octanol–water partition coefficient (Wildman–Crippen LogP) is -0.527. The number of cyclic esters (lactones) is 1. The zero-order valence-electron chi connectivity index (χ0n) is 13.1. The molecule has 6 atom stereocenters. The van der Waals surface area contributed by atoms with Gasteiger partial charge in [0.2, 0.25) is 6.29 Å². The Kier molecular flexibility index (Phi) is 4.86. The Labute approximate surface area is 138 Å². The van der Waals surface area contributed by atoms with Crippen molar-refractivity contribution in [2.24, 2.45) is 0 Å². The van der Waals surface area contributed by atoms with E-state index in [1.807, 2.05) is 0 Å². The number of carbonyl (C=O) groups excluding carboxylic acids is 1. The number of aliphatic hydroxyl groups is 3. The second-order valence-corrected chi connectivity index (χ2v) is 5.76. The van der Waals surface area contributed by atoms with Gasteiger partial charge in [0.25, 0.3) is 0 Å². The van der Waals surface area contributed by atoms with Gasteiger partial charge in [-0.25, -0.2) is 4.79 Å². The summed E-state index contributed by atoms with van der Waals surface area (Å²) in [6.07, 6.45) is -7.14. The quantitative estimate of drug-likeness (QED) is 0.627. The molecule has 1 aromatic carbocycles. The molecule has 8 heteroatoms. The smallest absolute Gasteiger partial charge is 0.340 e. The van der Waals surface area contributed by atoms with Gasteiger partial charge in [-0.05, 0) is 6.92 Å². The van der Waals surface area contributed by atoms with E-state index in [4.69, 9.17) is 18.9 Å². The normalized spacial score (nSPS) is 39.2. The van der Waals surface area contributed by atoms with Crippen LogP contribution in [0.3, 0.4) is 0 Å². The third-order valence-corrected chi connectivity index (χ3v) is 4.17. The summed E-state index contributed by atoms with van der Waals surface area (Å²) in [7, 11) is 0. The molecule has 2 aliphatic rings. The van der Waals surface area contributed by atoms with Crippen molar-refractivity contribution < 1.29 is 39.1 Å². The molecular formula is C16H20O8. The number of rotatable bonds is 4. The van der Waals surface area contributed by atoms with Crippen molar-refractivity contribution >= 4 is 5.97 Å². The highest BCUT2D eigenvalue weighted by atomic mass is 16.8. The average Bonchev–Trinajstić information content (AvgIpc) is 2.60. The molecule has 3 rings (SSSR count). The van der Waals surface area contributed by atoms with Crippen LogP contribution in [0.4, 0.5) is 0 Å². The average molecular weight is 340 g/mol. The summed E-state index contributed by atoms with van der Waals surface area (Å²) in [5.74, 6) is -0.791. The van der Waals surface area contributed by atoms with Gasteiger partial charge in [-0.1, -0.05) is 30.3 Å². The number of benzene rings is 1. The Hall–Kier alpha value is -1.55. The van der Waals surface area contributed by atoms with Crippen LogP contribution in [0.2, 0.25) is 0 Å². The van der Waals surface area contributed by atoms with Gasteiger partial charge in [-0.15, -0.1) is 0 Å². The molecule has 0 spiro atoms. The predicted molar refractivity (Wildman–Crippen MR) is 78.5 cm³/mol. The minimum atomic E-state index is -2.02. The lowest BCUT2D eigenvalue weighted by Crippen LogP contribution is -2.72. The van der Waals surface area contributed by atoms with Gasteiger partial charge in [0.1, 0.15) is 17.8 Å². The van der Waals surface area contributed by atoms with Crippen LogP contribution in [-0.4, -0.2) is 64.7 Å². The van der Waals surface area contributed by atoms with Crippen molar-refractivity contribution in [3.63, 3.8) is 0 Å². The molecule has 24 heavy (non-hydrogen) atoms. The largest absolute Gasteiger partial charge is 0.429 e. The summed E-state index contributed by atoms with van der Waals surface area (Å²) in [6, 6.07) is 8.71. The Morgan fingerprint density at radius 1 is 1.21 bits per heavy atom. The van der Waals surface area contributed by atoms with E-state index in [-0.39, 0.29) is 13.2 Å². The van der Waals surface area contributed by atoms with Crippen LogP contribution in [0.5, 0.6) is 0 Å². The van der Waals surface area contributed by atoms with E-state index < -0.39 is 42.5 Å². The van der Waals surface area contributed by atoms with Crippen molar-refractivity contribution in [1.82, 2.24) is 0 Å². The summed E-state index contributed by atoms with van der Waals surface area (Å²) in [5, 5.41) is 30.8. The van der Waals surface area contributed by atoms with Gasteiger partial charge in [0.15, 0.2) is 12.4 Å². The van der Waals surface area contributed by atoms with E-state index in [1.165, 1.54) is 0 Å². The lowest BCUT2D eigenvalue weighted by atomic mass is 9.83. The monoisotopic (exact) mass is 340 g/mol. The third-order valence-electron chi connectivity index (χ3n) is 4.17. The summed E-state index contributed by atoms with van der Waals surface area (Å²) in [5.41, 5.74) is -1.45. The van der Waals surface area contributed by atoms with Crippen molar-refractivity contribution in [1.29, 1.82) is 0 Å². The number of fused-ring (bicyclic) bond motifs is 1. The molecule has 132 valence electrons. The van der Waals surface area contributed by atoms with Crippen LogP contribution in [-0.2, 0) is 23.7 Å². The fourth-order valence-electron chi connectivity index (χ4n) is 2.87. The van der Waals surface area contributed by atoms with E-state index in [0.29, 0.717) is 5.56 Å². The zero-order valence-corrected chi connectivity index (χ0v) is 13.1. The third kappa shape index (κ3) is 2.92. The van der Waals surface area contributed by atoms with Gasteiger partial charge in [-0.3, -0.25) is 0 Å². The van der Waals surface area contributed by atoms with Crippen molar-refractivity contribution in [2.75, 3.05) is 13.2 Å². The van der Waals surface area contributed by atoms with Crippen LogP contribution in [0, 0.1) is 0 Å². The highest BCUT2D eigenvalue weighted by Gasteiger charge is 2.61. The molecule has 1 aromatic rings. The van der Waals surface area contributed by atoms with Gasteiger partial charge >= 0.3 is 5.97 Å². The maximum absolute atomic E-state index is 12.3. The molecule has 2 fully saturated rings. The van der Waals surface area contributed by atoms with E-state index in [1.54, 1.807) is 37.3 Å². The molecule has 0 bridgehead atoms. The SMILES string of the molecule is CCOC[C@]1(O)[C@@H]2OC(c3ccccc3)OC(=O)[C@H]2O[C@H](O)[C@@H]1O. The summed E-state index contributed by atoms with van der Waals surface area (Å²) >= 11 is 0. The molecule has 1 unspecified atom stereocenters. The first-order valence-electron chi connectivity index (χ1n) is 7.70. The Morgan fingerprint density at radius 3 is 2.58 bits per heavy atom. The van der Waals surface area contributed by atoms with Crippen LogP contribution in [0.1, 0.15) is 18.8 Å². The minimum absolute atomic E-state index is 0.274. The maximum Gasteiger partial charge on any atom is 0.340 e. The lowest BCUT2D eigenvalue weighted by molar-refractivity contribution is -0.366. The van der Waals surface area contributed by atoms with Crippen molar-refractivity contribution in [2.45, 2.75) is 43.4 Å². The number of aliphatic hydroxyl groups excluding tert-OH is 2. The summed E-state index contributed by atoms with van der Waals surface area (Å²) in [4.78, 5) is 12.3. The molecule has 8 nitrogen and oxygen atoms in total. The van der Waals surface area contributed by atoms with E-state index in [9.17, 15) is 20.1 Å². The fraction of sp³-hybridized carbons (Fsp3) is 0.562. The highest BCUT2D eigenvalue weighted by Crippen LogP contribution is 2.39. The van der Waals surface area contributed by atoms with E-state index >= 15 is 0 Å². The fourth-order valence-corrected chi connectivity index (χ4v) is 2.87. The van der Waals surface area contributed by atoms with Crippen molar-refractivity contribution in [3.8, 4) is 0 Å². The van der Waals surface area contributed by atoms with Crippen molar-refractivity contribution in [3.05, 3.63) is 35.9 Å². The standard InChI is InChI=1S/C16H20O8/c1-2-21-8-16(20)11(17)14(19)22-10-12(16)23-15(24-13(10)18)9-6-4-3-5-7-9/h3-7,10-12,14-15,17,19-20H,2,8H2,1H3/t10-,11-,12+,14-,15?,16+/m0/s1. The molecular weight excluding hydrogens is 320 g/mol. The first-order valence-corrected chi connectivity index (χ1v) is 7.70. The molecule has 2 saturated heterocycles. The number of ether oxygens (including phenoxy) is 4. The topological polar surface area (TPSA) is 115 Å². The number of hydrogen-bond donors (Lipinski definition) is 3. The summed E-state index contributed by atoms with van der Waals surface area (Å²) in [6.45, 7) is 1.66. The Bertz CT molecular complexity index is 579. The maximum atomic E-state index is 12.3. The first-order chi connectivity index (χ1) is 11.5. The molecule has 0 amide bonds. The number of carbonyl (C=O) groups is 1. The lowest BCUT2D eigenvalue weighted by Gasteiger charge is -2.50. The summed E-state index contributed by atoms with van der Waals surface area (Å²) < 4.78 is 21.2. The molecule has 3 N–H and O–H groups in total. The van der Waals surface area contributed by atoms with Gasteiger partial charge in [0.05, 0.1) is 6.61 Å². The first kappa shape index (κ1) is 17.3. The van der Waals surface area contributed by atoms with Gasteiger partial charge in [-0.2, -0.15) is 0 Å². The second-order valence-electron chi connectivity index (χ2n) is 5.76. The Balaban J connectivity index is 1.91. The highest BCUT2D eigenvalue weighted by molar-refractivity contribution is 5.77. The van der Waals surface area contributed by atoms with Gasteiger partial charge < -0.3 is 34.3 Å². The van der Waals surface area contributed by atoms with Gasteiger partial charge in [0, 0.05) is 12.2 Å². The minimum Gasteiger partial charge on any atom is -0.429 e. The van der Waals surface area contributed by atoms with E-state index in [2.05, 4.69) is 0 Å². The second kappa shape index (κ2) is 6.75. The molecule has 0 radical (unpaired) electrons. The molecule has 0 aromatic heterocycles. The zero-order chi connectivity index (χ0) is 17.3. The molecule has 0 aliphatic carbocycles. The van der Waals surface area contributed by atoms with Crippen LogP contribution in [0.15, 0.2) is 30.3 Å². The molecule has 2 aliphatic heterocycles. The molecule has 0 saturated carbocycles. The van der Waals surface area contributed by atoms with Crippen LogP contribution in [0.25, 0.3) is 0 Å². The Morgan fingerprint density at radius 2 is 1.92 bits per heavy atom. The van der Waals surface area contributed by atoms with E-state index in [0.717, 1.165) is 0 Å². The molecule has 2 heterocycles. The van der Waals surface area contributed by atoms with Crippen LogP contribution >= 0.6 is 0 Å².